The molecule has 29 heavy (non-hydrogen) atoms. The van der Waals surface area contributed by atoms with Gasteiger partial charge >= 0.3 is 0 Å². The van der Waals surface area contributed by atoms with Crippen molar-refractivity contribution in [2.75, 3.05) is 5.32 Å². The van der Waals surface area contributed by atoms with Crippen LogP contribution in [0, 0.1) is 11.6 Å². The summed E-state index contributed by atoms with van der Waals surface area (Å²) in [6.07, 6.45) is 2.85. The Balaban J connectivity index is 1.78. The Labute approximate surface area is 169 Å². The second-order valence-electron chi connectivity index (χ2n) is 6.13. The molecule has 0 bridgehead atoms. The van der Waals surface area contributed by atoms with E-state index in [1.165, 1.54) is 18.5 Å². The number of aromatic nitrogens is 1. The van der Waals surface area contributed by atoms with E-state index in [2.05, 4.69) is 10.3 Å². The van der Waals surface area contributed by atoms with Crippen molar-refractivity contribution in [2.45, 2.75) is 0 Å². The second-order valence-corrected chi connectivity index (χ2v) is 6.54. The zero-order chi connectivity index (χ0) is 20.4. The summed E-state index contributed by atoms with van der Waals surface area (Å²) in [6, 6.07) is 15.6. The van der Waals surface area contributed by atoms with Crippen molar-refractivity contribution in [2.24, 2.45) is 0 Å². The number of hydrogen-bond donors (Lipinski definition) is 1. The summed E-state index contributed by atoms with van der Waals surface area (Å²) >= 11 is 6.28. The van der Waals surface area contributed by atoms with E-state index < -0.39 is 23.1 Å². The van der Waals surface area contributed by atoms with Crippen molar-refractivity contribution in [3.63, 3.8) is 0 Å². The molecule has 0 spiro atoms. The molecular formula is C22H13ClF2N2O2. The van der Waals surface area contributed by atoms with Crippen LogP contribution in [0.15, 0.2) is 77.5 Å². The van der Waals surface area contributed by atoms with Crippen molar-refractivity contribution in [1.82, 2.24) is 4.98 Å². The van der Waals surface area contributed by atoms with Crippen LogP contribution < -0.4 is 5.32 Å². The lowest BCUT2D eigenvalue weighted by Gasteiger charge is -2.13. The van der Waals surface area contributed by atoms with Gasteiger partial charge in [0.15, 0.2) is 0 Å². The maximum absolute atomic E-state index is 14.0. The van der Waals surface area contributed by atoms with E-state index in [4.69, 9.17) is 16.0 Å². The molecule has 0 radical (unpaired) electrons. The number of carbonyl (C=O) groups is 1. The van der Waals surface area contributed by atoms with Gasteiger partial charge in [-0.05, 0) is 35.9 Å². The SMILES string of the molecule is O=C(Nc1ccc(-c2ccccc2Cl)cc1-c1ncco1)c1c(F)cccc1F. The lowest BCUT2D eigenvalue weighted by molar-refractivity contribution is 0.101. The van der Waals surface area contributed by atoms with E-state index in [1.54, 1.807) is 24.3 Å². The number of amides is 1. The number of anilines is 1. The number of halogens is 3. The molecule has 0 saturated heterocycles. The Bertz CT molecular complexity index is 1170. The first kappa shape index (κ1) is 18.8. The Morgan fingerprint density at radius 2 is 1.72 bits per heavy atom. The van der Waals surface area contributed by atoms with Crippen LogP contribution in [0.3, 0.4) is 0 Å². The summed E-state index contributed by atoms with van der Waals surface area (Å²) in [6.45, 7) is 0. The van der Waals surface area contributed by atoms with Crippen molar-refractivity contribution < 1.29 is 18.0 Å². The van der Waals surface area contributed by atoms with Gasteiger partial charge < -0.3 is 9.73 Å². The molecule has 0 saturated carbocycles. The van der Waals surface area contributed by atoms with Gasteiger partial charge in [0.1, 0.15) is 23.5 Å². The zero-order valence-corrected chi connectivity index (χ0v) is 15.6. The predicted molar refractivity (Wildman–Crippen MR) is 107 cm³/mol. The van der Waals surface area contributed by atoms with Gasteiger partial charge in [-0.1, -0.05) is 41.9 Å². The highest BCUT2D eigenvalue weighted by Gasteiger charge is 2.20. The lowest BCUT2D eigenvalue weighted by atomic mass is 10.0. The molecule has 0 aliphatic heterocycles. The molecule has 4 aromatic rings. The quantitative estimate of drug-likeness (QED) is 0.436. The third-order valence-electron chi connectivity index (χ3n) is 4.31. The molecule has 1 heterocycles. The Morgan fingerprint density at radius 3 is 2.41 bits per heavy atom. The van der Waals surface area contributed by atoms with E-state index in [0.29, 0.717) is 10.6 Å². The maximum atomic E-state index is 14.0. The smallest absolute Gasteiger partial charge is 0.261 e. The molecule has 4 nitrogen and oxygen atoms in total. The van der Waals surface area contributed by atoms with E-state index in [0.717, 1.165) is 23.3 Å². The van der Waals surface area contributed by atoms with Crippen LogP contribution in [-0.2, 0) is 0 Å². The topological polar surface area (TPSA) is 55.1 Å². The summed E-state index contributed by atoms with van der Waals surface area (Å²) in [5.74, 6) is -2.58. The Morgan fingerprint density at radius 1 is 0.966 bits per heavy atom. The number of hydrogen-bond acceptors (Lipinski definition) is 3. The van der Waals surface area contributed by atoms with Gasteiger partial charge in [0.25, 0.3) is 5.91 Å². The highest BCUT2D eigenvalue weighted by atomic mass is 35.5. The van der Waals surface area contributed by atoms with Gasteiger partial charge in [0, 0.05) is 10.6 Å². The van der Waals surface area contributed by atoms with Crippen LogP contribution in [0.4, 0.5) is 14.5 Å². The van der Waals surface area contributed by atoms with Crippen LogP contribution in [0.25, 0.3) is 22.6 Å². The molecule has 144 valence electrons. The first-order chi connectivity index (χ1) is 14.0. The van der Waals surface area contributed by atoms with E-state index in [9.17, 15) is 13.6 Å². The molecular weight excluding hydrogens is 398 g/mol. The Hall–Kier alpha value is -3.51. The minimum absolute atomic E-state index is 0.239. The average molecular weight is 411 g/mol. The highest BCUT2D eigenvalue weighted by molar-refractivity contribution is 6.33. The monoisotopic (exact) mass is 410 g/mol. The molecule has 7 heteroatoms. The summed E-state index contributed by atoms with van der Waals surface area (Å²) in [5, 5.41) is 3.09. The first-order valence-corrected chi connectivity index (χ1v) is 8.96. The van der Waals surface area contributed by atoms with Crippen molar-refractivity contribution >= 4 is 23.2 Å². The zero-order valence-electron chi connectivity index (χ0n) is 14.8. The number of nitrogens with zero attached hydrogens (tertiary/aromatic N) is 1. The molecule has 0 atom stereocenters. The fraction of sp³-hybridized carbons (Fsp3) is 0. The van der Waals surface area contributed by atoms with Gasteiger partial charge in [-0.3, -0.25) is 4.79 Å². The molecule has 0 aliphatic rings. The van der Waals surface area contributed by atoms with Gasteiger partial charge in [-0.2, -0.15) is 0 Å². The molecule has 1 amide bonds. The highest BCUT2D eigenvalue weighted by Crippen LogP contribution is 2.35. The number of nitrogens with one attached hydrogen (secondary N) is 1. The number of carbonyl (C=O) groups excluding carboxylic acids is 1. The van der Waals surface area contributed by atoms with E-state index in [-0.39, 0.29) is 11.6 Å². The minimum Gasteiger partial charge on any atom is -0.444 e. The summed E-state index contributed by atoms with van der Waals surface area (Å²) in [5.41, 5.74) is 1.60. The van der Waals surface area contributed by atoms with E-state index >= 15 is 0 Å². The van der Waals surface area contributed by atoms with Crippen molar-refractivity contribution in [3.05, 3.63) is 95.3 Å². The third-order valence-corrected chi connectivity index (χ3v) is 4.63. The number of rotatable bonds is 4. The minimum atomic E-state index is -0.951. The molecule has 4 rings (SSSR count). The molecule has 1 N–H and O–H groups in total. The fourth-order valence-electron chi connectivity index (χ4n) is 2.95. The summed E-state index contributed by atoms with van der Waals surface area (Å²) in [7, 11) is 0. The number of benzene rings is 3. The molecule has 1 aromatic heterocycles. The average Bonchev–Trinajstić information content (AvgIpc) is 3.23. The Kier molecular flexibility index (Phi) is 5.10. The van der Waals surface area contributed by atoms with Crippen LogP contribution in [0.1, 0.15) is 10.4 Å². The van der Waals surface area contributed by atoms with Crippen LogP contribution in [-0.4, -0.2) is 10.9 Å². The molecule has 0 fully saturated rings. The van der Waals surface area contributed by atoms with Crippen LogP contribution >= 0.6 is 11.6 Å². The largest absolute Gasteiger partial charge is 0.444 e. The number of oxazole rings is 1. The van der Waals surface area contributed by atoms with Gasteiger partial charge in [-0.15, -0.1) is 0 Å². The van der Waals surface area contributed by atoms with Gasteiger partial charge in [-0.25, -0.2) is 13.8 Å². The third kappa shape index (κ3) is 3.75. The first-order valence-electron chi connectivity index (χ1n) is 8.59. The van der Waals surface area contributed by atoms with Gasteiger partial charge in [0.2, 0.25) is 5.89 Å². The maximum Gasteiger partial charge on any atom is 0.261 e. The standard InChI is InChI=1S/C22H13ClF2N2O2/c23-16-5-2-1-4-14(16)13-8-9-19(15(12-13)22-26-10-11-29-22)27-21(28)20-17(24)6-3-7-18(20)25/h1-12H,(H,27,28). The lowest BCUT2D eigenvalue weighted by Crippen LogP contribution is -2.16. The predicted octanol–water partition coefficient (Wildman–Crippen LogP) is 6.19. The molecule has 3 aromatic carbocycles. The molecule has 0 unspecified atom stereocenters. The van der Waals surface area contributed by atoms with Crippen LogP contribution in [0.2, 0.25) is 5.02 Å². The fourth-order valence-corrected chi connectivity index (χ4v) is 3.19. The summed E-state index contributed by atoms with van der Waals surface area (Å²) < 4.78 is 33.3. The van der Waals surface area contributed by atoms with Crippen molar-refractivity contribution in [1.29, 1.82) is 0 Å². The van der Waals surface area contributed by atoms with Crippen molar-refractivity contribution in [3.8, 4) is 22.6 Å². The normalized spacial score (nSPS) is 10.7. The second kappa shape index (κ2) is 7.85. The molecule has 0 aliphatic carbocycles. The summed E-state index contributed by atoms with van der Waals surface area (Å²) in [4.78, 5) is 16.6. The van der Waals surface area contributed by atoms with E-state index in [1.807, 2.05) is 18.2 Å². The van der Waals surface area contributed by atoms with Crippen LogP contribution in [0.5, 0.6) is 0 Å². The van der Waals surface area contributed by atoms with Gasteiger partial charge in [0.05, 0.1) is 17.4 Å².